The summed E-state index contributed by atoms with van der Waals surface area (Å²) in [5.74, 6) is -0.556. The van der Waals surface area contributed by atoms with Gasteiger partial charge in [-0.05, 0) is 25.1 Å². The SMILES string of the molecule is Cc1nc(C(=O)Nc2ccc(C(N)=O)c(Cl)c2)n[nH]1. The van der Waals surface area contributed by atoms with Gasteiger partial charge in [0.2, 0.25) is 11.7 Å². The monoisotopic (exact) mass is 279 g/mol. The molecule has 8 heteroatoms. The number of anilines is 1. The van der Waals surface area contributed by atoms with Crippen LogP contribution in [0.2, 0.25) is 5.02 Å². The second-order valence-corrected chi connectivity index (χ2v) is 4.16. The second kappa shape index (κ2) is 5.07. The van der Waals surface area contributed by atoms with E-state index in [-0.39, 0.29) is 16.4 Å². The summed E-state index contributed by atoms with van der Waals surface area (Å²) in [5, 5.41) is 9.01. The number of nitrogens with one attached hydrogen (secondary N) is 2. The van der Waals surface area contributed by atoms with Crippen molar-refractivity contribution in [2.75, 3.05) is 5.32 Å². The van der Waals surface area contributed by atoms with E-state index in [4.69, 9.17) is 17.3 Å². The topological polar surface area (TPSA) is 114 Å². The van der Waals surface area contributed by atoms with Gasteiger partial charge in [-0.2, -0.15) is 0 Å². The molecule has 0 radical (unpaired) electrons. The number of aromatic amines is 1. The average Bonchev–Trinajstić information content (AvgIpc) is 2.75. The lowest BCUT2D eigenvalue weighted by atomic mass is 10.2. The van der Waals surface area contributed by atoms with Crippen LogP contribution < -0.4 is 11.1 Å². The molecule has 1 aromatic carbocycles. The smallest absolute Gasteiger partial charge is 0.295 e. The summed E-state index contributed by atoms with van der Waals surface area (Å²) in [5.41, 5.74) is 5.73. The van der Waals surface area contributed by atoms with Gasteiger partial charge in [0.05, 0.1) is 10.6 Å². The van der Waals surface area contributed by atoms with Crippen molar-refractivity contribution in [3.63, 3.8) is 0 Å². The van der Waals surface area contributed by atoms with Crippen molar-refractivity contribution in [1.29, 1.82) is 0 Å². The summed E-state index contributed by atoms with van der Waals surface area (Å²) in [4.78, 5) is 26.7. The van der Waals surface area contributed by atoms with Gasteiger partial charge in [0.1, 0.15) is 5.82 Å². The number of carbonyl (C=O) groups excluding carboxylic acids is 2. The van der Waals surface area contributed by atoms with Crippen LogP contribution in [0.3, 0.4) is 0 Å². The Bertz CT molecular complexity index is 652. The number of aryl methyl sites for hydroxylation is 1. The third-order valence-corrected chi connectivity index (χ3v) is 2.61. The Kier molecular flexibility index (Phi) is 3.48. The maximum atomic E-state index is 11.8. The van der Waals surface area contributed by atoms with E-state index in [0.717, 1.165) is 0 Å². The van der Waals surface area contributed by atoms with E-state index in [1.807, 2.05) is 0 Å². The summed E-state index contributed by atoms with van der Waals surface area (Å²) in [6, 6.07) is 4.38. The van der Waals surface area contributed by atoms with Gasteiger partial charge in [-0.15, -0.1) is 5.10 Å². The van der Waals surface area contributed by atoms with E-state index in [9.17, 15) is 9.59 Å². The number of hydrogen-bond acceptors (Lipinski definition) is 4. The van der Waals surface area contributed by atoms with Crippen LogP contribution in [0.25, 0.3) is 0 Å². The summed E-state index contributed by atoms with van der Waals surface area (Å²) < 4.78 is 0. The second-order valence-electron chi connectivity index (χ2n) is 3.76. The number of nitrogens with zero attached hydrogens (tertiary/aromatic N) is 2. The highest BCUT2D eigenvalue weighted by Crippen LogP contribution is 2.20. The maximum Gasteiger partial charge on any atom is 0.295 e. The molecule has 0 aliphatic rings. The first-order chi connectivity index (χ1) is 8.97. The molecular formula is C11H10ClN5O2. The van der Waals surface area contributed by atoms with Crippen molar-refractivity contribution in [1.82, 2.24) is 15.2 Å². The number of amides is 2. The molecule has 2 rings (SSSR count). The van der Waals surface area contributed by atoms with E-state index in [2.05, 4.69) is 20.5 Å². The molecule has 98 valence electrons. The minimum Gasteiger partial charge on any atom is -0.366 e. The van der Waals surface area contributed by atoms with Crippen LogP contribution in [0.5, 0.6) is 0 Å². The normalized spacial score (nSPS) is 10.2. The lowest BCUT2D eigenvalue weighted by Gasteiger charge is -2.05. The number of H-pyrrole nitrogens is 1. The molecule has 4 N–H and O–H groups in total. The number of aromatic nitrogens is 3. The van der Waals surface area contributed by atoms with Crippen molar-refractivity contribution >= 4 is 29.1 Å². The molecule has 0 saturated carbocycles. The van der Waals surface area contributed by atoms with Gasteiger partial charge in [-0.3, -0.25) is 14.7 Å². The van der Waals surface area contributed by atoms with Gasteiger partial charge in [0, 0.05) is 5.69 Å². The fourth-order valence-corrected chi connectivity index (χ4v) is 1.70. The average molecular weight is 280 g/mol. The van der Waals surface area contributed by atoms with Crippen LogP contribution in [0, 0.1) is 6.92 Å². The molecule has 2 amide bonds. The quantitative estimate of drug-likeness (QED) is 0.781. The summed E-state index contributed by atoms with van der Waals surface area (Å²) in [7, 11) is 0. The fourth-order valence-electron chi connectivity index (χ4n) is 1.42. The highest BCUT2D eigenvalue weighted by atomic mass is 35.5. The van der Waals surface area contributed by atoms with Gasteiger partial charge in [-0.25, -0.2) is 4.98 Å². The lowest BCUT2D eigenvalue weighted by molar-refractivity contribution is 0.0997. The molecule has 2 aromatic rings. The van der Waals surface area contributed by atoms with Crippen molar-refractivity contribution in [3.8, 4) is 0 Å². The van der Waals surface area contributed by atoms with Crippen molar-refractivity contribution in [2.45, 2.75) is 6.92 Å². The van der Waals surface area contributed by atoms with Gasteiger partial charge >= 0.3 is 0 Å². The molecule has 7 nitrogen and oxygen atoms in total. The van der Waals surface area contributed by atoms with Crippen LogP contribution >= 0.6 is 11.6 Å². The van der Waals surface area contributed by atoms with Crippen molar-refractivity contribution in [3.05, 3.63) is 40.4 Å². The molecule has 0 bridgehead atoms. The van der Waals surface area contributed by atoms with E-state index >= 15 is 0 Å². The first-order valence-corrected chi connectivity index (χ1v) is 5.65. The highest BCUT2D eigenvalue weighted by molar-refractivity contribution is 6.34. The van der Waals surface area contributed by atoms with Crippen LogP contribution in [-0.4, -0.2) is 27.0 Å². The molecule has 0 aliphatic heterocycles. The van der Waals surface area contributed by atoms with E-state index in [0.29, 0.717) is 11.5 Å². The number of nitrogens with two attached hydrogens (primary N) is 1. The van der Waals surface area contributed by atoms with Crippen LogP contribution in [-0.2, 0) is 0 Å². The van der Waals surface area contributed by atoms with Crippen LogP contribution in [0.1, 0.15) is 26.8 Å². The predicted molar refractivity (Wildman–Crippen MR) is 69.0 cm³/mol. The highest BCUT2D eigenvalue weighted by Gasteiger charge is 2.13. The fraction of sp³-hybridized carbons (Fsp3) is 0.0909. The number of primary amides is 1. The molecular weight excluding hydrogens is 270 g/mol. The molecule has 0 atom stereocenters. The Morgan fingerprint density at radius 1 is 1.42 bits per heavy atom. The number of carbonyl (C=O) groups is 2. The van der Waals surface area contributed by atoms with E-state index < -0.39 is 11.8 Å². The molecule has 1 heterocycles. The third-order valence-electron chi connectivity index (χ3n) is 2.29. The van der Waals surface area contributed by atoms with Crippen LogP contribution in [0.4, 0.5) is 5.69 Å². The third kappa shape index (κ3) is 2.89. The number of rotatable bonds is 3. The van der Waals surface area contributed by atoms with Crippen molar-refractivity contribution < 1.29 is 9.59 Å². The molecule has 0 spiro atoms. The predicted octanol–water partition coefficient (Wildman–Crippen LogP) is 1.12. The number of halogens is 1. The molecule has 19 heavy (non-hydrogen) atoms. The summed E-state index contributed by atoms with van der Waals surface area (Å²) in [6.07, 6.45) is 0. The molecule has 0 fully saturated rings. The zero-order valence-corrected chi connectivity index (χ0v) is 10.7. The van der Waals surface area contributed by atoms with Gasteiger partial charge in [-0.1, -0.05) is 11.6 Å². The van der Waals surface area contributed by atoms with Gasteiger partial charge in [0.25, 0.3) is 5.91 Å². The van der Waals surface area contributed by atoms with Crippen molar-refractivity contribution in [2.24, 2.45) is 5.73 Å². The Balaban J connectivity index is 2.18. The Labute approximate surface area is 113 Å². The molecule has 1 aromatic heterocycles. The minimum atomic E-state index is -0.632. The first kappa shape index (κ1) is 13.0. The minimum absolute atomic E-state index is 0.0209. The Hall–Kier alpha value is -2.41. The zero-order chi connectivity index (χ0) is 14.0. The first-order valence-electron chi connectivity index (χ1n) is 5.27. The van der Waals surface area contributed by atoms with Crippen LogP contribution in [0.15, 0.2) is 18.2 Å². The molecule has 0 aliphatic carbocycles. The number of benzene rings is 1. The van der Waals surface area contributed by atoms with E-state index in [1.165, 1.54) is 18.2 Å². The molecule has 0 saturated heterocycles. The van der Waals surface area contributed by atoms with Gasteiger partial charge < -0.3 is 11.1 Å². The Morgan fingerprint density at radius 2 is 2.16 bits per heavy atom. The van der Waals surface area contributed by atoms with Gasteiger partial charge in [0.15, 0.2) is 0 Å². The molecule has 0 unspecified atom stereocenters. The zero-order valence-electron chi connectivity index (χ0n) is 9.90. The summed E-state index contributed by atoms with van der Waals surface area (Å²) in [6.45, 7) is 1.68. The maximum absolute atomic E-state index is 11.8. The largest absolute Gasteiger partial charge is 0.366 e. The summed E-state index contributed by atoms with van der Waals surface area (Å²) >= 11 is 5.87. The van der Waals surface area contributed by atoms with E-state index in [1.54, 1.807) is 6.92 Å². The standard InChI is InChI=1S/C11H10ClN5O2/c1-5-14-10(17-16-5)11(19)15-6-2-3-7(9(13)18)8(12)4-6/h2-4H,1H3,(H2,13,18)(H,15,19)(H,14,16,17). The number of hydrogen-bond donors (Lipinski definition) is 3. The Morgan fingerprint density at radius 3 is 2.68 bits per heavy atom. The lowest BCUT2D eigenvalue weighted by Crippen LogP contribution is -2.15.